The second-order valence-corrected chi connectivity index (χ2v) is 6.23. The van der Waals surface area contributed by atoms with Gasteiger partial charge in [-0.05, 0) is 23.6 Å². The molecule has 0 fully saturated rings. The summed E-state index contributed by atoms with van der Waals surface area (Å²) in [5.41, 5.74) is 1.49. The van der Waals surface area contributed by atoms with Crippen molar-refractivity contribution in [3.63, 3.8) is 0 Å². The van der Waals surface area contributed by atoms with Gasteiger partial charge < -0.3 is 9.67 Å². The Morgan fingerprint density at radius 3 is 2.76 bits per heavy atom. The van der Waals surface area contributed by atoms with Crippen LogP contribution in [0.25, 0.3) is 21.7 Å². The molecule has 3 rings (SSSR count). The molecule has 2 aromatic heterocycles. The lowest BCUT2D eigenvalue weighted by Crippen LogP contribution is -2.05. The van der Waals surface area contributed by atoms with Gasteiger partial charge in [0, 0.05) is 6.54 Å². The molecular weight excluding hydrogens is 331 g/mol. The van der Waals surface area contributed by atoms with Gasteiger partial charge in [-0.25, -0.2) is 4.98 Å². The number of carbonyl (C=O) groups is 1. The number of benzene rings is 1. The summed E-state index contributed by atoms with van der Waals surface area (Å²) in [5, 5.41) is 11.7. The SMILES string of the molecule is O=C(O)CCn1c(-c2cccs2)nc2cc(Cl)c(Cl)cc21. The molecule has 0 aliphatic heterocycles. The Morgan fingerprint density at radius 1 is 1.33 bits per heavy atom. The van der Waals surface area contributed by atoms with E-state index in [2.05, 4.69) is 4.98 Å². The summed E-state index contributed by atoms with van der Waals surface area (Å²) in [5.74, 6) is -0.117. The number of halogens is 2. The van der Waals surface area contributed by atoms with Crippen molar-refractivity contribution in [1.29, 1.82) is 0 Å². The van der Waals surface area contributed by atoms with Crippen molar-refractivity contribution in [2.45, 2.75) is 13.0 Å². The predicted molar refractivity (Wildman–Crippen MR) is 85.3 cm³/mol. The van der Waals surface area contributed by atoms with E-state index in [4.69, 9.17) is 28.3 Å². The van der Waals surface area contributed by atoms with E-state index < -0.39 is 5.97 Å². The minimum Gasteiger partial charge on any atom is -0.481 e. The molecule has 21 heavy (non-hydrogen) atoms. The van der Waals surface area contributed by atoms with Gasteiger partial charge in [0.25, 0.3) is 0 Å². The van der Waals surface area contributed by atoms with Gasteiger partial charge in [-0.2, -0.15) is 0 Å². The quantitative estimate of drug-likeness (QED) is 0.758. The number of imidazole rings is 1. The number of fused-ring (bicyclic) bond motifs is 1. The molecule has 0 amide bonds. The average molecular weight is 341 g/mol. The fraction of sp³-hybridized carbons (Fsp3) is 0.143. The lowest BCUT2D eigenvalue weighted by Gasteiger charge is -2.06. The van der Waals surface area contributed by atoms with Gasteiger partial charge >= 0.3 is 5.97 Å². The number of rotatable bonds is 4. The Morgan fingerprint density at radius 2 is 2.10 bits per heavy atom. The van der Waals surface area contributed by atoms with Crippen LogP contribution >= 0.6 is 34.5 Å². The fourth-order valence-corrected chi connectivity index (χ4v) is 3.19. The zero-order chi connectivity index (χ0) is 15.0. The van der Waals surface area contributed by atoms with Gasteiger partial charge in [0.05, 0.1) is 32.4 Å². The second kappa shape index (κ2) is 5.67. The molecule has 0 radical (unpaired) electrons. The van der Waals surface area contributed by atoms with E-state index >= 15 is 0 Å². The van der Waals surface area contributed by atoms with Crippen LogP contribution in [0.5, 0.6) is 0 Å². The number of aromatic nitrogens is 2. The third-order valence-electron chi connectivity index (χ3n) is 3.08. The zero-order valence-electron chi connectivity index (χ0n) is 10.7. The third kappa shape index (κ3) is 2.77. The Bertz CT molecular complexity index is 812. The van der Waals surface area contributed by atoms with E-state index in [1.807, 2.05) is 22.1 Å². The summed E-state index contributed by atoms with van der Waals surface area (Å²) in [6.45, 7) is 0.330. The summed E-state index contributed by atoms with van der Waals surface area (Å²) in [6, 6.07) is 7.31. The van der Waals surface area contributed by atoms with E-state index in [9.17, 15) is 4.79 Å². The molecule has 0 saturated carbocycles. The first-order chi connectivity index (χ1) is 10.1. The van der Waals surface area contributed by atoms with E-state index in [-0.39, 0.29) is 6.42 Å². The highest BCUT2D eigenvalue weighted by Gasteiger charge is 2.16. The number of carboxylic acids is 1. The zero-order valence-corrected chi connectivity index (χ0v) is 13.0. The number of nitrogens with zero attached hydrogens (tertiary/aromatic N) is 2. The Kier molecular flexibility index (Phi) is 3.89. The van der Waals surface area contributed by atoms with Gasteiger partial charge in [0.2, 0.25) is 0 Å². The molecule has 1 N–H and O–H groups in total. The van der Waals surface area contributed by atoms with Crippen molar-refractivity contribution in [2.75, 3.05) is 0 Å². The number of hydrogen-bond donors (Lipinski definition) is 1. The molecule has 0 aliphatic carbocycles. The van der Waals surface area contributed by atoms with E-state index in [1.165, 1.54) is 0 Å². The maximum absolute atomic E-state index is 10.9. The number of hydrogen-bond acceptors (Lipinski definition) is 3. The van der Waals surface area contributed by atoms with Crippen molar-refractivity contribution < 1.29 is 9.90 Å². The van der Waals surface area contributed by atoms with Crippen molar-refractivity contribution >= 4 is 51.5 Å². The maximum Gasteiger partial charge on any atom is 0.305 e. The third-order valence-corrected chi connectivity index (χ3v) is 4.67. The maximum atomic E-state index is 10.9. The largest absolute Gasteiger partial charge is 0.481 e. The normalized spacial score (nSPS) is 11.1. The van der Waals surface area contributed by atoms with Crippen LogP contribution in [0.4, 0.5) is 0 Å². The van der Waals surface area contributed by atoms with Gasteiger partial charge in [-0.1, -0.05) is 29.3 Å². The molecule has 0 saturated heterocycles. The molecule has 1 aromatic carbocycles. The Hall–Kier alpha value is -1.56. The van der Waals surface area contributed by atoms with E-state index in [1.54, 1.807) is 23.5 Å². The summed E-state index contributed by atoms with van der Waals surface area (Å²) in [4.78, 5) is 16.4. The molecule has 0 spiro atoms. The predicted octanol–water partition coefficient (Wildman–Crippen LogP) is 4.55. The Labute approximate surface area is 134 Å². The molecule has 108 valence electrons. The van der Waals surface area contributed by atoms with Crippen LogP contribution < -0.4 is 0 Å². The van der Waals surface area contributed by atoms with Crippen molar-refractivity contribution in [1.82, 2.24) is 9.55 Å². The summed E-state index contributed by atoms with van der Waals surface area (Å²) in [6.07, 6.45) is 0.0179. The van der Waals surface area contributed by atoms with Crippen LogP contribution in [0.15, 0.2) is 29.6 Å². The first-order valence-corrected chi connectivity index (χ1v) is 7.81. The van der Waals surface area contributed by atoms with Crippen LogP contribution in [0.3, 0.4) is 0 Å². The van der Waals surface area contributed by atoms with Crippen LogP contribution in [-0.2, 0) is 11.3 Å². The smallest absolute Gasteiger partial charge is 0.305 e. The molecule has 0 aliphatic rings. The highest BCUT2D eigenvalue weighted by Crippen LogP contribution is 2.33. The molecule has 0 atom stereocenters. The minimum absolute atomic E-state index is 0.0179. The summed E-state index contributed by atoms with van der Waals surface area (Å²) >= 11 is 13.7. The summed E-state index contributed by atoms with van der Waals surface area (Å²) in [7, 11) is 0. The molecule has 0 unspecified atom stereocenters. The molecule has 7 heteroatoms. The van der Waals surface area contributed by atoms with E-state index in [0.29, 0.717) is 22.1 Å². The van der Waals surface area contributed by atoms with E-state index in [0.717, 1.165) is 16.2 Å². The van der Waals surface area contributed by atoms with Gasteiger partial charge in [-0.15, -0.1) is 11.3 Å². The van der Waals surface area contributed by atoms with Crippen LogP contribution in [0, 0.1) is 0 Å². The van der Waals surface area contributed by atoms with Crippen molar-refractivity contribution in [2.24, 2.45) is 0 Å². The van der Waals surface area contributed by atoms with Crippen molar-refractivity contribution in [3.05, 3.63) is 39.7 Å². The van der Waals surface area contributed by atoms with Crippen LogP contribution in [0.2, 0.25) is 10.0 Å². The number of aliphatic carboxylic acids is 1. The fourth-order valence-electron chi connectivity index (χ4n) is 2.15. The molecule has 0 bridgehead atoms. The number of aryl methyl sites for hydroxylation is 1. The van der Waals surface area contributed by atoms with Gasteiger partial charge in [-0.3, -0.25) is 4.79 Å². The molecule has 4 nitrogen and oxygen atoms in total. The second-order valence-electron chi connectivity index (χ2n) is 4.46. The summed E-state index contributed by atoms with van der Waals surface area (Å²) < 4.78 is 1.87. The van der Waals surface area contributed by atoms with Crippen LogP contribution in [0.1, 0.15) is 6.42 Å². The standard InChI is InChI=1S/C14H10Cl2N2O2S/c15-8-6-10-11(7-9(8)16)18(4-3-13(19)20)14(17-10)12-2-1-5-21-12/h1-2,5-7H,3-4H2,(H,19,20). The van der Waals surface area contributed by atoms with Gasteiger partial charge in [0.15, 0.2) is 5.82 Å². The topological polar surface area (TPSA) is 55.1 Å². The highest BCUT2D eigenvalue weighted by molar-refractivity contribution is 7.13. The van der Waals surface area contributed by atoms with Crippen molar-refractivity contribution in [3.8, 4) is 10.7 Å². The monoisotopic (exact) mass is 340 g/mol. The average Bonchev–Trinajstić information content (AvgIpc) is 3.04. The minimum atomic E-state index is -0.853. The highest BCUT2D eigenvalue weighted by atomic mass is 35.5. The first-order valence-electron chi connectivity index (χ1n) is 6.17. The Balaban J connectivity index is 2.20. The number of carboxylic acid groups (broad SMARTS) is 1. The van der Waals surface area contributed by atoms with Gasteiger partial charge in [0.1, 0.15) is 0 Å². The number of thiophene rings is 1. The first kappa shape index (κ1) is 14.4. The molecule has 2 heterocycles. The lowest BCUT2D eigenvalue weighted by atomic mass is 10.3. The molecular formula is C14H10Cl2N2O2S. The van der Waals surface area contributed by atoms with Crippen LogP contribution in [-0.4, -0.2) is 20.6 Å². The lowest BCUT2D eigenvalue weighted by molar-refractivity contribution is -0.137. The molecule has 3 aromatic rings.